The van der Waals surface area contributed by atoms with Crippen molar-refractivity contribution >= 4 is 13.5 Å². The fraction of sp³-hybridized carbons (Fsp3) is 0.533. The van der Waals surface area contributed by atoms with E-state index in [1.807, 2.05) is 26.8 Å². The summed E-state index contributed by atoms with van der Waals surface area (Å²) in [5.74, 6) is 0.0537. The Bertz CT molecular complexity index is 510. The zero-order valence-electron chi connectivity index (χ0n) is 13.3. The van der Waals surface area contributed by atoms with Gasteiger partial charge in [-0.1, -0.05) is 18.2 Å². The maximum Gasteiger partial charge on any atom is 0.323 e. The Morgan fingerprint density at radius 1 is 1.29 bits per heavy atom. The van der Waals surface area contributed by atoms with Crippen LogP contribution in [0.4, 0.5) is 0 Å². The van der Waals surface area contributed by atoms with Gasteiger partial charge in [0.2, 0.25) is 0 Å². The molecule has 0 spiro atoms. The average Bonchev–Trinajstić information content (AvgIpc) is 2.38. The minimum absolute atomic E-state index is 0.282. The molecule has 0 aliphatic carbocycles. The van der Waals surface area contributed by atoms with E-state index in [1.54, 1.807) is 38.1 Å². The number of nitrogens with one attached hydrogen (secondary N) is 1. The molecule has 2 atom stereocenters. The van der Waals surface area contributed by atoms with Crippen molar-refractivity contribution in [3.05, 3.63) is 30.3 Å². The molecule has 1 N–H and O–H groups in total. The van der Waals surface area contributed by atoms with Gasteiger partial charge in [0, 0.05) is 0 Å². The molecule has 1 aromatic rings. The maximum atomic E-state index is 13.2. The van der Waals surface area contributed by atoms with Crippen LogP contribution in [0.2, 0.25) is 0 Å². The standard InChI is InChI=1S/C15H24NO4P/c1-6-19-14(17)12(2)16-21(18,15(3,4)5)20-13-10-8-7-9-11-13/h7-12H,6H2,1-5H3,(H,16,18)/t12-,21?/m1/s1. The summed E-state index contributed by atoms with van der Waals surface area (Å²) in [5.41, 5.74) is 0. The first-order valence-electron chi connectivity index (χ1n) is 6.99. The van der Waals surface area contributed by atoms with Crippen molar-refractivity contribution in [1.82, 2.24) is 5.09 Å². The molecule has 0 fully saturated rings. The van der Waals surface area contributed by atoms with Gasteiger partial charge in [0.1, 0.15) is 11.8 Å². The molecule has 1 unspecified atom stereocenters. The molecule has 118 valence electrons. The lowest BCUT2D eigenvalue weighted by atomic mass is 10.3. The second kappa shape index (κ2) is 7.10. The Morgan fingerprint density at radius 3 is 2.33 bits per heavy atom. The van der Waals surface area contributed by atoms with Crippen molar-refractivity contribution in [3.63, 3.8) is 0 Å². The Kier molecular flexibility index (Phi) is 5.99. The van der Waals surface area contributed by atoms with Gasteiger partial charge < -0.3 is 9.26 Å². The van der Waals surface area contributed by atoms with Crippen molar-refractivity contribution in [2.24, 2.45) is 0 Å². The lowest BCUT2D eigenvalue weighted by Gasteiger charge is -2.32. The lowest BCUT2D eigenvalue weighted by Crippen LogP contribution is -2.39. The lowest BCUT2D eigenvalue weighted by molar-refractivity contribution is -0.144. The smallest absolute Gasteiger partial charge is 0.323 e. The number of carbonyl (C=O) groups is 1. The SMILES string of the molecule is CCOC(=O)[C@@H](C)NP(=O)(Oc1ccccc1)C(C)(C)C. The molecular formula is C15H24NO4P. The molecule has 1 rings (SSSR count). The Morgan fingerprint density at radius 2 is 1.86 bits per heavy atom. The van der Waals surface area contributed by atoms with E-state index >= 15 is 0 Å². The van der Waals surface area contributed by atoms with Gasteiger partial charge in [-0.3, -0.25) is 9.36 Å². The molecule has 5 nitrogen and oxygen atoms in total. The van der Waals surface area contributed by atoms with Gasteiger partial charge >= 0.3 is 13.5 Å². The summed E-state index contributed by atoms with van der Waals surface area (Å²) in [7, 11) is -3.31. The molecule has 0 saturated heterocycles. The van der Waals surface area contributed by atoms with E-state index < -0.39 is 24.7 Å². The van der Waals surface area contributed by atoms with Crippen LogP contribution in [0.1, 0.15) is 34.6 Å². The fourth-order valence-corrected chi connectivity index (χ4v) is 3.31. The molecule has 0 aromatic heterocycles. The first kappa shape index (κ1) is 17.7. The first-order chi connectivity index (χ1) is 9.69. The predicted octanol–water partition coefficient (Wildman–Crippen LogP) is 3.60. The van der Waals surface area contributed by atoms with Crippen molar-refractivity contribution in [1.29, 1.82) is 0 Å². The Hall–Kier alpha value is -1.32. The molecule has 1 aromatic carbocycles. The van der Waals surface area contributed by atoms with Gasteiger partial charge in [-0.2, -0.15) is 0 Å². The summed E-state index contributed by atoms with van der Waals surface area (Å²) in [6.07, 6.45) is 0. The van der Waals surface area contributed by atoms with Crippen molar-refractivity contribution in [3.8, 4) is 5.75 Å². The molecule has 0 radical (unpaired) electrons. The van der Waals surface area contributed by atoms with E-state index in [1.165, 1.54) is 0 Å². The summed E-state index contributed by atoms with van der Waals surface area (Å²) in [4.78, 5) is 11.7. The predicted molar refractivity (Wildman–Crippen MR) is 83.7 cm³/mol. The van der Waals surface area contributed by atoms with Crippen LogP contribution in [-0.4, -0.2) is 23.8 Å². The molecule has 0 heterocycles. The van der Waals surface area contributed by atoms with Gasteiger partial charge in [0.25, 0.3) is 0 Å². The average molecular weight is 313 g/mol. The summed E-state index contributed by atoms with van der Waals surface area (Å²) in [6, 6.07) is 8.21. The number of hydrogen-bond acceptors (Lipinski definition) is 4. The summed E-state index contributed by atoms with van der Waals surface area (Å²) in [6.45, 7) is 9.05. The van der Waals surface area contributed by atoms with Crippen molar-refractivity contribution in [2.45, 2.75) is 45.8 Å². The highest BCUT2D eigenvalue weighted by molar-refractivity contribution is 7.59. The van der Waals surface area contributed by atoms with Crippen LogP contribution >= 0.6 is 7.52 Å². The van der Waals surface area contributed by atoms with Crippen LogP contribution in [0.5, 0.6) is 5.75 Å². The fourth-order valence-electron chi connectivity index (χ4n) is 1.56. The van der Waals surface area contributed by atoms with E-state index in [-0.39, 0.29) is 6.61 Å². The zero-order chi connectivity index (χ0) is 16.1. The Labute approximate surface area is 126 Å². The monoisotopic (exact) mass is 313 g/mol. The van der Waals surface area contributed by atoms with Gasteiger partial charge in [0.05, 0.1) is 11.8 Å². The molecule has 6 heteroatoms. The topological polar surface area (TPSA) is 64.6 Å². The molecule has 0 aliphatic rings. The normalized spacial score (nSPS) is 15.9. The van der Waals surface area contributed by atoms with E-state index in [9.17, 15) is 9.36 Å². The van der Waals surface area contributed by atoms with E-state index in [2.05, 4.69) is 5.09 Å². The third-order valence-electron chi connectivity index (χ3n) is 2.86. The third-order valence-corrected chi connectivity index (χ3v) is 5.83. The van der Waals surface area contributed by atoms with E-state index in [4.69, 9.17) is 9.26 Å². The largest absolute Gasteiger partial charge is 0.465 e. The van der Waals surface area contributed by atoms with Crippen molar-refractivity contribution in [2.75, 3.05) is 6.61 Å². The molecule has 0 amide bonds. The third kappa shape index (κ3) is 4.87. The van der Waals surface area contributed by atoms with Crippen LogP contribution in [0, 0.1) is 0 Å². The number of para-hydroxylation sites is 1. The number of esters is 1. The van der Waals surface area contributed by atoms with Gasteiger partial charge in [-0.15, -0.1) is 0 Å². The number of rotatable bonds is 6. The highest BCUT2D eigenvalue weighted by atomic mass is 31.2. The zero-order valence-corrected chi connectivity index (χ0v) is 14.1. The molecule has 0 bridgehead atoms. The van der Waals surface area contributed by atoms with Crippen LogP contribution in [-0.2, 0) is 14.1 Å². The molecular weight excluding hydrogens is 289 g/mol. The minimum Gasteiger partial charge on any atom is -0.465 e. The Balaban J connectivity index is 2.95. The van der Waals surface area contributed by atoms with Crippen LogP contribution in [0.15, 0.2) is 30.3 Å². The quantitative estimate of drug-likeness (QED) is 0.642. The van der Waals surface area contributed by atoms with Crippen LogP contribution < -0.4 is 9.61 Å². The highest BCUT2D eigenvalue weighted by Crippen LogP contribution is 2.55. The van der Waals surface area contributed by atoms with E-state index in [0.717, 1.165) is 0 Å². The molecule has 0 saturated carbocycles. The second-order valence-electron chi connectivity index (χ2n) is 5.73. The van der Waals surface area contributed by atoms with Gasteiger partial charge in [-0.25, -0.2) is 5.09 Å². The summed E-state index contributed by atoms with van der Waals surface area (Å²) in [5, 5.41) is 2.16. The second-order valence-corrected chi connectivity index (χ2v) is 8.61. The van der Waals surface area contributed by atoms with Crippen molar-refractivity contribution < 1.29 is 18.6 Å². The summed E-state index contributed by atoms with van der Waals surface area (Å²) < 4.78 is 23.8. The summed E-state index contributed by atoms with van der Waals surface area (Å²) >= 11 is 0. The minimum atomic E-state index is -3.31. The van der Waals surface area contributed by atoms with E-state index in [0.29, 0.717) is 5.75 Å². The number of hydrogen-bond donors (Lipinski definition) is 1. The van der Waals surface area contributed by atoms with Gasteiger partial charge in [0.15, 0.2) is 0 Å². The van der Waals surface area contributed by atoms with Crippen LogP contribution in [0.25, 0.3) is 0 Å². The van der Waals surface area contributed by atoms with Crippen LogP contribution in [0.3, 0.4) is 0 Å². The highest BCUT2D eigenvalue weighted by Gasteiger charge is 2.41. The number of benzene rings is 1. The maximum absolute atomic E-state index is 13.2. The van der Waals surface area contributed by atoms with Gasteiger partial charge in [-0.05, 0) is 46.8 Å². The number of ether oxygens (including phenoxy) is 1. The molecule has 21 heavy (non-hydrogen) atoms. The first-order valence-corrected chi connectivity index (χ1v) is 8.61. The number of carbonyl (C=O) groups excluding carboxylic acids is 1. The molecule has 0 aliphatic heterocycles.